The molecule has 2 aromatic heterocycles. The lowest BCUT2D eigenvalue weighted by Crippen LogP contribution is -2.74. The maximum absolute atomic E-state index is 6.56. The quantitative estimate of drug-likeness (QED) is 0.0868. The summed E-state index contributed by atoms with van der Waals surface area (Å²) in [4.78, 5) is 7.56. The molecule has 0 N–H and O–H groups in total. The molecule has 0 spiro atoms. The predicted octanol–water partition coefficient (Wildman–Crippen LogP) is 13.0. The molecule has 0 fully saturated rings. The van der Waals surface area contributed by atoms with Crippen molar-refractivity contribution in [1.82, 2.24) is 4.98 Å². The highest BCUT2D eigenvalue weighted by Gasteiger charge is 2.41. The molecule has 62 heavy (non-hydrogen) atoms. The largest absolute Gasteiger partial charge is 0.456 e. The Balaban J connectivity index is 1.12. The van der Waals surface area contributed by atoms with E-state index in [0.29, 0.717) is 0 Å². The Morgan fingerprint density at radius 2 is 0.952 bits per heavy atom. The lowest BCUT2D eigenvalue weighted by Gasteiger charge is -2.35. The third-order valence-corrected chi connectivity index (χ3v) is 18.3. The highest BCUT2D eigenvalue weighted by atomic mass is 32.1. The van der Waals surface area contributed by atoms with Crippen LogP contribution in [0.2, 0.25) is 0 Å². The summed E-state index contributed by atoms with van der Waals surface area (Å²) in [5.74, 6) is 0. The van der Waals surface area contributed by atoms with Gasteiger partial charge in [-0.1, -0.05) is 176 Å². The van der Waals surface area contributed by atoms with Gasteiger partial charge >= 0.3 is 0 Å². The molecule has 0 aliphatic heterocycles. The number of anilines is 3. The molecule has 5 heteroatoms. The van der Waals surface area contributed by atoms with Crippen molar-refractivity contribution < 1.29 is 4.42 Å². The van der Waals surface area contributed by atoms with Gasteiger partial charge in [0.25, 0.3) is 0 Å². The van der Waals surface area contributed by atoms with Gasteiger partial charge in [-0.25, -0.2) is 4.98 Å². The van der Waals surface area contributed by atoms with E-state index < -0.39 is 8.07 Å². The van der Waals surface area contributed by atoms with Gasteiger partial charge in [0.05, 0.1) is 10.2 Å². The summed E-state index contributed by atoms with van der Waals surface area (Å²) >= 11 is 1.77. The van der Waals surface area contributed by atoms with Crippen LogP contribution in [0, 0.1) is 0 Å². The van der Waals surface area contributed by atoms with Crippen LogP contribution in [0.5, 0.6) is 0 Å². The molecule has 12 rings (SSSR count). The van der Waals surface area contributed by atoms with Gasteiger partial charge in [-0.15, -0.1) is 11.3 Å². The summed E-state index contributed by atoms with van der Waals surface area (Å²) in [6, 6.07) is 84.0. The van der Waals surface area contributed by atoms with E-state index >= 15 is 0 Å². The first-order valence-corrected chi connectivity index (χ1v) is 23.8. The van der Waals surface area contributed by atoms with Gasteiger partial charge in [-0.2, -0.15) is 0 Å². The Kier molecular flexibility index (Phi) is 8.70. The molecule has 0 aliphatic carbocycles. The van der Waals surface area contributed by atoms with Crippen LogP contribution in [0.1, 0.15) is 0 Å². The van der Waals surface area contributed by atoms with E-state index in [2.05, 4.69) is 229 Å². The second-order valence-electron chi connectivity index (χ2n) is 15.9. The van der Waals surface area contributed by atoms with Crippen molar-refractivity contribution in [2.24, 2.45) is 0 Å². The van der Waals surface area contributed by atoms with Gasteiger partial charge in [-0.3, -0.25) is 0 Å². The van der Waals surface area contributed by atoms with E-state index in [-0.39, 0.29) is 0 Å². The molecule has 0 amide bonds. The number of thiazole rings is 1. The van der Waals surface area contributed by atoms with Crippen LogP contribution in [0.15, 0.2) is 235 Å². The molecule has 10 aromatic carbocycles. The maximum atomic E-state index is 6.56. The van der Waals surface area contributed by atoms with Gasteiger partial charge in [0.1, 0.15) is 16.2 Å². The Labute approximate surface area is 364 Å². The highest BCUT2D eigenvalue weighted by Crippen LogP contribution is 2.43. The monoisotopic (exact) mass is 826 g/mol. The molecule has 0 bridgehead atoms. The number of para-hydroxylation sites is 1. The highest BCUT2D eigenvalue weighted by molar-refractivity contribution is 7.22. The van der Waals surface area contributed by atoms with E-state index in [1.165, 1.54) is 47.0 Å². The fourth-order valence-corrected chi connectivity index (χ4v) is 15.5. The fourth-order valence-electron chi connectivity index (χ4n) is 9.60. The van der Waals surface area contributed by atoms with Crippen molar-refractivity contribution in [2.45, 2.75) is 0 Å². The van der Waals surface area contributed by atoms with Gasteiger partial charge in [0.15, 0.2) is 8.07 Å². The third-order valence-electron chi connectivity index (χ3n) is 12.4. The Hall–Kier alpha value is -7.57. The number of benzene rings is 10. The van der Waals surface area contributed by atoms with Gasteiger partial charge in [0.2, 0.25) is 0 Å². The normalized spacial score (nSPS) is 11.9. The van der Waals surface area contributed by atoms with Crippen molar-refractivity contribution >= 4 is 111 Å². The zero-order chi connectivity index (χ0) is 41.0. The molecule has 0 saturated carbocycles. The predicted molar refractivity (Wildman–Crippen MR) is 266 cm³/mol. The molecular formula is C57H38N2OSSi. The molecule has 0 aliphatic rings. The van der Waals surface area contributed by atoms with Crippen LogP contribution < -0.4 is 25.6 Å². The number of hydrogen-bond donors (Lipinski definition) is 0. The number of hydrogen-bond acceptors (Lipinski definition) is 4. The van der Waals surface area contributed by atoms with Gasteiger partial charge < -0.3 is 9.32 Å². The minimum atomic E-state index is -2.83. The number of rotatable bonds is 8. The van der Waals surface area contributed by atoms with Crippen LogP contribution in [-0.4, -0.2) is 13.1 Å². The lowest BCUT2D eigenvalue weighted by molar-refractivity contribution is 0.669. The minimum Gasteiger partial charge on any atom is -0.456 e. The fraction of sp³-hybridized carbons (Fsp3) is 0. The van der Waals surface area contributed by atoms with Crippen molar-refractivity contribution in [3.8, 4) is 10.6 Å². The maximum Gasteiger partial charge on any atom is 0.179 e. The lowest BCUT2D eigenvalue weighted by atomic mass is 10.0. The van der Waals surface area contributed by atoms with Crippen LogP contribution in [0.25, 0.3) is 64.3 Å². The van der Waals surface area contributed by atoms with Crippen molar-refractivity contribution in [3.63, 3.8) is 0 Å². The summed E-state index contributed by atoms with van der Waals surface area (Å²) in [6.07, 6.45) is 0. The number of nitrogens with zero attached hydrogens (tertiary/aromatic N) is 2. The molecule has 0 radical (unpaired) electrons. The Bertz CT molecular complexity index is 3490. The molecule has 12 aromatic rings. The Morgan fingerprint density at radius 3 is 1.68 bits per heavy atom. The first-order chi connectivity index (χ1) is 30.7. The van der Waals surface area contributed by atoms with Gasteiger partial charge in [-0.05, 0) is 85.4 Å². The summed E-state index contributed by atoms with van der Waals surface area (Å²) in [7, 11) is -2.83. The van der Waals surface area contributed by atoms with Crippen LogP contribution in [0.4, 0.5) is 17.1 Å². The molecule has 0 unspecified atom stereocenters. The van der Waals surface area contributed by atoms with Crippen LogP contribution in [0.3, 0.4) is 0 Å². The van der Waals surface area contributed by atoms with E-state index in [1.807, 2.05) is 6.07 Å². The van der Waals surface area contributed by atoms with Crippen molar-refractivity contribution in [1.29, 1.82) is 0 Å². The summed E-state index contributed by atoms with van der Waals surface area (Å²) in [5.41, 5.74) is 7.06. The van der Waals surface area contributed by atoms with E-state index in [0.717, 1.165) is 55.1 Å². The smallest absolute Gasteiger partial charge is 0.179 e. The molecule has 0 saturated heterocycles. The minimum absolute atomic E-state index is 0.859. The van der Waals surface area contributed by atoms with Crippen LogP contribution in [-0.2, 0) is 0 Å². The SMILES string of the molecule is c1ccc(-c2nc3ccc4ccc5ccc(N(c6cccc([Si](c7ccccc7)(c7ccccc7)c7ccccc7)c6)c6ccc7c(c6)oc6ccccc67)cc5c4c3s2)cc1. The number of aromatic nitrogens is 1. The molecule has 292 valence electrons. The first kappa shape index (κ1) is 36.3. The second kappa shape index (κ2) is 14.9. The first-order valence-electron chi connectivity index (χ1n) is 21.0. The molecule has 2 heterocycles. The molecule has 3 nitrogen and oxygen atoms in total. The summed E-state index contributed by atoms with van der Waals surface area (Å²) < 4.78 is 7.76. The summed E-state index contributed by atoms with van der Waals surface area (Å²) in [5, 5.41) is 13.4. The average Bonchev–Trinajstić information content (AvgIpc) is 3.95. The average molecular weight is 827 g/mol. The number of fused-ring (bicyclic) bond motifs is 8. The Morgan fingerprint density at radius 1 is 0.403 bits per heavy atom. The second-order valence-corrected chi connectivity index (χ2v) is 20.7. The van der Waals surface area contributed by atoms with E-state index in [1.54, 1.807) is 11.3 Å². The zero-order valence-electron chi connectivity index (χ0n) is 33.7. The molecular weight excluding hydrogens is 789 g/mol. The molecule has 0 atom stereocenters. The topological polar surface area (TPSA) is 29.3 Å². The summed E-state index contributed by atoms with van der Waals surface area (Å²) in [6.45, 7) is 0. The van der Waals surface area contributed by atoms with E-state index in [9.17, 15) is 0 Å². The van der Waals surface area contributed by atoms with Gasteiger partial charge in [0, 0.05) is 44.9 Å². The van der Waals surface area contributed by atoms with Crippen LogP contribution >= 0.6 is 11.3 Å². The standard InChI is InChI=1S/C57H38N2OSSi/c1-5-16-41(17-6-1)57-58-52-35-31-40-29-28-39-30-32-43(37-51(39)55(40)56(52)61-57)59(44-33-34-50-49-26-13-14-27-53(49)60-54(50)38-44)42-18-15-25-48(36-42)62(45-19-7-2-8-20-45,46-21-9-3-10-22-46)47-23-11-4-12-24-47/h1-38H. The number of furan rings is 1. The third kappa shape index (κ3) is 5.89. The van der Waals surface area contributed by atoms with Crippen molar-refractivity contribution in [2.75, 3.05) is 4.90 Å². The van der Waals surface area contributed by atoms with E-state index in [4.69, 9.17) is 9.40 Å². The zero-order valence-corrected chi connectivity index (χ0v) is 35.5. The van der Waals surface area contributed by atoms with Crippen molar-refractivity contribution in [3.05, 3.63) is 231 Å².